The number of amides is 1. The fourth-order valence-electron chi connectivity index (χ4n) is 4.16. The minimum absolute atomic E-state index is 0.0533. The van der Waals surface area contributed by atoms with Crippen molar-refractivity contribution in [3.05, 3.63) is 72.1 Å². The van der Waals surface area contributed by atoms with Gasteiger partial charge in [0.15, 0.2) is 0 Å². The van der Waals surface area contributed by atoms with Gasteiger partial charge in [-0.1, -0.05) is 38.1 Å². The van der Waals surface area contributed by atoms with Crippen LogP contribution in [0.15, 0.2) is 60.9 Å². The van der Waals surface area contributed by atoms with Crippen LogP contribution in [0.25, 0.3) is 0 Å². The Morgan fingerprint density at radius 2 is 1.42 bits per heavy atom. The van der Waals surface area contributed by atoms with Gasteiger partial charge in [0.2, 0.25) is 5.88 Å². The second-order valence-corrected chi connectivity index (χ2v) is 11.5. The maximum Gasteiger partial charge on any atom is 0.407 e. The van der Waals surface area contributed by atoms with E-state index in [4.69, 9.17) is 14.2 Å². The standard InChI is InChI=1S/C30H38N4O4/c1-29(2,3)33-28(35)38-25-16-24(17-25)36-22-12-8-20(9-13-22)30(4,5)21-10-14-23(15-11-21)37-27-19-31-26(18-32-27)34(6)7/h8-15,18-19,24-25H,16-17H2,1-7H3,(H,33,35). The van der Waals surface area contributed by atoms with E-state index in [1.165, 1.54) is 11.1 Å². The van der Waals surface area contributed by atoms with Gasteiger partial charge in [-0.3, -0.25) is 0 Å². The molecule has 8 nitrogen and oxygen atoms in total. The second kappa shape index (κ2) is 10.9. The van der Waals surface area contributed by atoms with Crippen LogP contribution in [0.4, 0.5) is 10.6 Å². The van der Waals surface area contributed by atoms with Crippen LogP contribution in [-0.2, 0) is 10.2 Å². The number of hydrogen-bond donors (Lipinski definition) is 1. The molecule has 0 saturated heterocycles. The molecule has 0 spiro atoms. The highest BCUT2D eigenvalue weighted by Crippen LogP contribution is 2.35. The summed E-state index contributed by atoms with van der Waals surface area (Å²) < 4.78 is 17.4. The molecule has 1 N–H and O–H groups in total. The first-order valence-corrected chi connectivity index (χ1v) is 12.9. The van der Waals surface area contributed by atoms with E-state index in [1.54, 1.807) is 12.4 Å². The number of nitrogens with zero attached hydrogens (tertiary/aromatic N) is 3. The third-order valence-corrected chi connectivity index (χ3v) is 6.55. The number of ether oxygens (including phenoxy) is 3. The third-order valence-electron chi connectivity index (χ3n) is 6.55. The number of carbonyl (C=O) groups excluding carboxylic acids is 1. The van der Waals surface area contributed by atoms with Gasteiger partial charge in [0.1, 0.15) is 29.5 Å². The van der Waals surface area contributed by atoms with Gasteiger partial charge in [0.25, 0.3) is 0 Å². The molecule has 1 saturated carbocycles. The Morgan fingerprint density at radius 3 is 1.92 bits per heavy atom. The molecule has 0 radical (unpaired) electrons. The Balaban J connectivity index is 1.30. The van der Waals surface area contributed by atoms with Crippen LogP contribution in [0.1, 0.15) is 58.6 Å². The van der Waals surface area contributed by atoms with Crippen LogP contribution < -0.4 is 19.7 Å². The van der Waals surface area contributed by atoms with Gasteiger partial charge < -0.3 is 24.4 Å². The van der Waals surface area contributed by atoms with E-state index in [1.807, 2.05) is 64.0 Å². The maximum absolute atomic E-state index is 11.9. The molecule has 2 aromatic carbocycles. The van der Waals surface area contributed by atoms with E-state index in [0.717, 1.165) is 11.6 Å². The zero-order valence-electron chi connectivity index (χ0n) is 23.3. The lowest BCUT2D eigenvalue weighted by molar-refractivity contribution is -0.0243. The first kappa shape index (κ1) is 27.2. The lowest BCUT2D eigenvalue weighted by atomic mass is 9.78. The molecule has 1 aliphatic rings. The predicted molar refractivity (Wildman–Crippen MR) is 148 cm³/mol. The first-order valence-electron chi connectivity index (χ1n) is 12.9. The lowest BCUT2D eigenvalue weighted by Crippen LogP contribution is -2.46. The van der Waals surface area contributed by atoms with Gasteiger partial charge in [-0.05, 0) is 56.2 Å². The normalized spacial score (nSPS) is 17.2. The van der Waals surface area contributed by atoms with Gasteiger partial charge >= 0.3 is 6.09 Å². The van der Waals surface area contributed by atoms with Crippen molar-refractivity contribution in [1.29, 1.82) is 0 Å². The zero-order valence-corrected chi connectivity index (χ0v) is 23.3. The summed E-state index contributed by atoms with van der Waals surface area (Å²) in [4.78, 5) is 22.5. The molecule has 3 aromatic rings. The summed E-state index contributed by atoms with van der Waals surface area (Å²) in [6, 6.07) is 16.3. The molecular formula is C30H38N4O4. The van der Waals surface area contributed by atoms with E-state index in [0.29, 0.717) is 24.5 Å². The summed E-state index contributed by atoms with van der Waals surface area (Å²) in [5.41, 5.74) is 1.83. The van der Waals surface area contributed by atoms with E-state index < -0.39 is 0 Å². The van der Waals surface area contributed by atoms with Crippen LogP contribution in [0.2, 0.25) is 0 Å². The van der Waals surface area contributed by atoms with Crippen molar-refractivity contribution in [3.8, 4) is 17.4 Å². The molecule has 1 aromatic heterocycles. The molecule has 1 amide bonds. The highest BCUT2D eigenvalue weighted by molar-refractivity contribution is 5.68. The fourth-order valence-corrected chi connectivity index (χ4v) is 4.16. The number of anilines is 1. The molecular weight excluding hydrogens is 480 g/mol. The molecule has 0 atom stereocenters. The van der Waals surface area contributed by atoms with E-state index in [2.05, 4.69) is 53.4 Å². The number of benzene rings is 2. The van der Waals surface area contributed by atoms with Gasteiger partial charge in [-0.25, -0.2) is 14.8 Å². The molecule has 0 unspecified atom stereocenters. The minimum Gasteiger partial charge on any atom is -0.490 e. The maximum atomic E-state index is 11.9. The van der Waals surface area contributed by atoms with Crippen molar-refractivity contribution in [3.63, 3.8) is 0 Å². The fraction of sp³-hybridized carbons (Fsp3) is 0.433. The number of nitrogens with one attached hydrogen (secondary N) is 1. The average Bonchev–Trinajstić information content (AvgIpc) is 2.82. The molecule has 0 aliphatic heterocycles. The summed E-state index contributed by atoms with van der Waals surface area (Å²) in [6.45, 7) is 10.2. The van der Waals surface area contributed by atoms with E-state index >= 15 is 0 Å². The van der Waals surface area contributed by atoms with Crippen LogP contribution >= 0.6 is 0 Å². The predicted octanol–water partition coefficient (Wildman–Crippen LogP) is 6.10. The highest BCUT2D eigenvalue weighted by Gasteiger charge is 2.34. The topological polar surface area (TPSA) is 85.8 Å². The molecule has 202 valence electrons. The second-order valence-electron chi connectivity index (χ2n) is 11.5. The SMILES string of the molecule is CN(C)c1cnc(Oc2ccc(C(C)(C)c3ccc(OC4CC(OC(=O)NC(C)(C)C)C4)cc3)cc2)cn1. The van der Waals surface area contributed by atoms with Crippen LogP contribution in [0, 0.1) is 0 Å². The Morgan fingerprint density at radius 1 is 0.842 bits per heavy atom. The van der Waals surface area contributed by atoms with Gasteiger partial charge in [-0.2, -0.15) is 0 Å². The van der Waals surface area contributed by atoms with Crippen LogP contribution in [0.5, 0.6) is 17.4 Å². The van der Waals surface area contributed by atoms with E-state index in [-0.39, 0.29) is 29.3 Å². The van der Waals surface area contributed by atoms with Crippen molar-refractivity contribution >= 4 is 11.9 Å². The van der Waals surface area contributed by atoms with Crippen molar-refractivity contribution in [1.82, 2.24) is 15.3 Å². The first-order chi connectivity index (χ1) is 17.9. The Bertz CT molecular complexity index is 1210. The smallest absolute Gasteiger partial charge is 0.407 e. The molecule has 38 heavy (non-hydrogen) atoms. The summed E-state index contributed by atoms with van der Waals surface area (Å²) in [5.74, 6) is 2.75. The summed E-state index contributed by atoms with van der Waals surface area (Å²) in [6.07, 6.45) is 4.28. The van der Waals surface area contributed by atoms with Gasteiger partial charge in [-0.15, -0.1) is 0 Å². The Labute approximate surface area is 225 Å². The van der Waals surface area contributed by atoms with Crippen molar-refractivity contribution in [2.45, 2.75) is 70.6 Å². The summed E-state index contributed by atoms with van der Waals surface area (Å²) >= 11 is 0. The summed E-state index contributed by atoms with van der Waals surface area (Å²) in [7, 11) is 3.84. The number of alkyl carbamates (subject to hydrolysis) is 1. The zero-order chi connectivity index (χ0) is 27.5. The Kier molecular flexibility index (Phi) is 7.81. The van der Waals surface area contributed by atoms with Gasteiger partial charge in [0, 0.05) is 37.9 Å². The monoisotopic (exact) mass is 518 g/mol. The van der Waals surface area contributed by atoms with Crippen molar-refractivity contribution in [2.75, 3.05) is 19.0 Å². The number of hydrogen-bond acceptors (Lipinski definition) is 7. The molecule has 1 aliphatic carbocycles. The number of carbonyl (C=O) groups is 1. The highest BCUT2D eigenvalue weighted by atomic mass is 16.6. The summed E-state index contributed by atoms with van der Waals surface area (Å²) in [5, 5.41) is 2.82. The molecule has 1 fully saturated rings. The molecule has 1 heterocycles. The largest absolute Gasteiger partial charge is 0.490 e. The number of rotatable bonds is 8. The molecule has 8 heteroatoms. The van der Waals surface area contributed by atoms with Crippen LogP contribution in [-0.4, -0.2) is 47.9 Å². The third kappa shape index (κ3) is 6.94. The van der Waals surface area contributed by atoms with Crippen LogP contribution in [0.3, 0.4) is 0 Å². The minimum atomic E-state index is -0.375. The average molecular weight is 519 g/mol. The molecule has 0 bridgehead atoms. The molecule has 4 rings (SSSR count). The lowest BCUT2D eigenvalue weighted by Gasteiger charge is -2.35. The number of aromatic nitrogens is 2. The van der Waals surface area contributed by atoms with Gasteiger partial charge in [0.05, 0.1) is 12.4 Å². The Hall–Kier alpha value is -3.81. The van der Waals surface area contributed by atoms with E-state index in [9.17, 15) is 4.79 Å². The quantitative estimate of drug-likeness (QED) is 0.386. The van der Waals surface area contributed by atoms with Crippen molar-refractivity contribution in [2.24, 2.45) is 0 Å². The van der Waals surface area contributed by atoms with Crippen molar-refractivity contribution < 1.29 is 19.0 Å².